The van der Waals surface area contributed by atoms with E-state index in [1.807, 2.05) is 12.1 Å². The van der Waals surface area contributed by atoms with E-state index < -0.39 is 5.97 Å². The number of aliphatic carboxylic acids is 1. The highest BCUT2D eigenvalue weighted by atomic mass is 35.5. The van der Waals surface area contributed by atoms with Crippen molar-refractivity contribution < 1.29 is 14.7 Å². The SMILES string of the molecule is O=C(O)CN(Cc1ccc(Cl)cc1)C(=O)C1CCC1. The van der Waals surface area contributed by atoms with Crippen LogP contribution in [0.5, 0.6) is 0 Å². The summed E-state index contributed by atoms with van der Waals surface area (Å²) >= 11 is 5.80. The Kier molecular flexibility index (Phi) is 4.43. The van der Waals surface area contributed by atoms with Crippen molar-refractivity contribution in [2.24, 2.45) is 5.92 Å². The van der Waals surface area contributed by atoms with Gasteiger partial charge >= 0.3 is 5.97 Å². The third-order valence-corrected chi connectivity index (χ3v) is 3.63. The highest BCUT2D eigenvalue weighted by molar-refractivity contribution is 6.30. The number of carbonyl (C=O) groups is 2. The number of nitrogens with zero attached hydrogens (tertiary/aromatic N) is 1. The van der Waals surface area contributed by atoms with Gasteiger partial charge in [0, 0.05) is 17.5 Å². The van der Waals surface area contributed by atoms with E-state index in [1.54, 1.807) is 12.1 Å². The maximum absolute atomic E-state index is 12.2. The number of rotatable bonds is 5. The lowest BCUT2D eigenvalue weighted by Gasteiger charge is -2.30. The van der Waals surface area contributed by atoms with Gasteiger partial charge in [0.15, 0.2) is 0 Å². The molecule has 4 nitrogen and oxygen atoms in total. The zero-order valence-corrected chi connectivity index (χ0v) is 11.3. The van der Waals surface area contributed by atoms with Crippen molar-refractivity contribution in [3.63, 3.8) is 0 Å². The van der Waals surface area contributed by atoms with Gasteiger partial charge in [-0.2, -0.15) is 0 Å². The second-order valence-electron chi connectivity index (χ2n) is 4.84. The molecule has 1 aliphatic rings. The van der Waals surface area contributed by atoms with Gasteiger partial charge in [-0.05, 0) is 30.5 Å². The summed E-state index contributed by atoms with van der Waals surface area (Å²) in [5, 5.41) is 9.54. The van der Waals surface area contributed by atoms with Gasteiger partial charge in [0.05, 0.1) is 0 Å². The largest absolute Gasteiger partial charge is 0.480 e. The minimum atomic E-state index is -0.985. The lowest BCUT2D eigenvalue weighted by molar-refractivity contribution is -0.148. The lowest BCUT2D eigenvalue weighted by Crippen LogP contribution is -2.41. The van der Waals surface area contributed by atoms with Gasteiger partial charge in [0.25, 0.3) is 0 Å². The Balaban J connectivity index is 2.06. The molecule has 0 heterocycles. The molecule has 0 bridgehead atoms. The first kappa shape index (κ1) is 13.9. The van der Waals surface area contributed by atoms with Crippen molar-refractivity contribution in [3.05, 3.63) is 34.9 Å². The van der Waals surface area contributed by atoms with Gasteiger partial charge in [0.1, 0.15) is 6.54 Å². The first-order chi connectivity index (χ1) is 9.06. The fourth-order valence-corrected chi connectivity index (χ4v) is 2.22. The number of halogens is 1. The van der Waals surface area contributed by atoms with Gasteiger partial charge in [-0.3, -0.25) is 9.59 Å². The van der Waals surface area contributed by atoms with Crippen LogP contribution in [0.15, 0.2) is 24.3 Å². The number of hydrogen-bond acceptors (Lipinski definition) is 2. The lowest BCUT2D eigenvalue weighted by atomic mass is 9.84. The first-order valence-corrected chi connectivity index (χ1v) is 6.69. The Hall–Kier alpha value is -1.55. The van der Waals surface area contributed by atoms with Gasteiger partial charge in [-0.1, -0.05) is 30.2 Å². The highest BCUT2D eigenvalue weighted by Gasteiger charge is 2.30. The number of amides is 1. The van der Waals surface area contributed by atoms with Crippen molar-refractivity contribution in [2.75, 3.05) is 6.54 Å². The Morgan fingerprint density at radius 1 is 1.26 bits per heavy atom. The van der Waals surface area contributed by atoms with E-state index in [0.29, 0.717) is 11.6 Å². The molecule has 0 radical (unpaired) electrons. The molecule has 1 amide bonds. The van der Waals surface area contributed by atoms with Crippen LogP contribution in [-0.2, 0) is 16.1 Å². The molecular formula is C14H16ClNO3. The molecule has 1 fully saturated rings. The summed E-state index contributed by atoms with van der Waals surface area (Å²) in [7, 11) is 0. The molecule has 1 aromatic carbocycles. The smallest absolute Gasteiger partial charge is 0.323 e. The van der Waals surface area contributed by atoms with E-state index in [9.17, 15) is 9.59 Å². The molecule has 1 aliphatic carbocycles. The van der Waals surface area contributed by atoms with Crippen LogP contribution in [0.25, 0.3) is 0 Å². The zero-order chi connectivity index (χ0) is 13.8. The summed E-state index contributed by atoms with van der Waals surface area (Å²) in [6.45, 7) is 0.0662. The summed E-state index contributed by atoms with van der Waals surface area (Å²) < 4.78 is 0. The molecule has 0 unspecified atom stereocenters. The average molecular weight is 282 g/mol. The molecule has 5 heteroatoms. The van der Waals surface area contributed by atoms with Crippen molar-refractivity contribution in [1.82, 2.24) is 4.90 Å². The molecule has 1 saturated carbocycles. The Morgan fingerprint density at radius 2 is 1.89 bits per heavy atom. The number of benzene rings is 1. The second kappa shape index (κ2) is 6.06. The molecule has 0 aromatic heterocycles. The topological polar surface area (TPSA) is 57.6 Å². The molecule has 0 spiro atoms. The van der Waals surface area contributed by atoms with E-state index in [0.717, 1.165) is 24.8 Å². The van der Waals surface area contributed by atoms with E-state index in [1.165, 1.54) is 4.90 Å². The van der Waals surface area contributed by atoms with Crippen LogP contribution >= 0.6 is 11.6 Å². The summed E-state index contributed by atoms with van der Waals surface area (Å²) in [5.41, 5.74) is 0.887. The van der Waals surface area contributed by atoms with Crippen LogP contribution in [0.4, 0.5) is 0 Å². The molecule has 102 valence electrons. The van der Waals surface area contributed by atoms with Gasteiger partial charge in [0.2, 0.25) is 5.91 Å². The third kappa shape index (κ3) is 3.70. The summed E-state index contributed by atoms with van der Waals surface area (Å²) in [4.78, 5) is 24.5. The summed E-state index contributed by atoms with van der Waals surface area (Å²) in [5.74, 6) is -1.03. The minimum absolute atomic E-state index is 0.00616. The molecule has 0 aliphatic heterocycles. The molecular weight excluding hydrogens is 266 g/mol. The van der Waals surface area contributed by atoms with Crippen molar-refractivity contribution in [3.8, 4) is 0 Å². The fourth-order valence-electron chi connectivity index (χ4n) is 2.10. The van der Waals surface area contributed by atoms with Crippen LogP contribution in [0.2, 0.25) is 5.02 Å². The van der Waals surface area contributed by atoms with Crippen LogP contribution in [0, 0.1) is 5.92 Å². The Morgan fingerprint density at radius 3 is 2.37 bits per heavy atom. The van der Waals surface area contributed by atoms with E-state index in [2.05, 4.69) is 0 Å². The second-order valence-corrected chi connectivity index (χ2v) is 5.28. The summed E-state index contributed by atoms with van der Waals surface area (Å²) in [6, 6.07) is 7.10. The normalized spacial score (nSPS) is 14.8. The first-order valence-electron chi connectivity index (χ1n) is 6.31. The number of carboxylic acids is 1. The average Bonchev–Trinajstić information content (AvgIpc) is 2.28. The summed E-state index contributed by atoms with van der Waals surface area (Å²) in [6.07, 6.45) is 2.80. The Labute approximate surface area is 117 Å². The maximum atomic E-state index is 12.2. The number of carbonyl (C=O) groups excluding carboxylic acids is 1. The van der Waals surface area contributed by atoms with Crippen molar-refractivity contribution in [2.45, 2.75) is 25.8 Å². The quantitative estimate of drug-likeness (QED) is 0.902. The number of carboxylic acid groups (broad SMARTS) is 1. The van der Waals surface area contributed by atoms with Crippen molar-refractivity contribution in [1.29, 1.82) is 0 Å². The van der Waals surface area contributed by atoms with Crippen LogP contribution in [0.1, 0.15) is 24.8 Å². The predicted molar refractivity (Wildman–Crippen MR) is 71.8 cm³/mol. The fraction of sp³-hybridized carbons (Fsp3) is 0.429. The van der Waals surface area contributed by atoms with Crippen LogP contribution < -0.4 is 0 Å². The molecule has 0 atom stereocenters. The standard InChI is InChI=1S/C14H16ClNO3/c15-12-6-4-10(5-7-12)8-16(9-13(17)18)14(19)11-2-1-3-11/h4-7,11H,1-3,8-9H2,(H,17,18). The molecule has 1 aromatic rings. The van der Waals surface area contributed by atoms with E-state index in [-0.39, 0.29) is 18.4 Å². The minimum Gasteiger partial charge on any atom is -0.480 e. The molecule has 1 N–H and O–H groups in total. The third-order valence-electron chi connectivity index (χ3n) is 3.38. The zero-order valence-electron chi connectivity index (χ0n) is 10.5. The highest BCUT2D eigenvalue weighted by Crippen LogP contribution is 2.28. The van der Waals surface area contributed by atoms with Gasteiger partial charge < -0.3 is 10.0 Å². The Bertz CT molecular complexity index is 468. The van der Waals surface area contributed by atoms with E-state index >= 15 is 0 Å². The van der Waals surface area contributed by atoms with Gasteiger partial charge in [-0.25, -0.2) is 0 Å². The predicted octanol–water partition coefficient (Wildman–Crippen LogP) is 2.55. The van der Waals surface area contributed by atoms with Crippen LogP contribution in [-0.4, -0.2) is 28.4 Å². The molecule has 19 heavy (non-hydrogen) atoms. The van der Waals surface area contributed by atoms with Crippen LogP contribution in [0.3, 0.4) is 0 Å². The monoisotopic (exact) mass is 281 g/mol. The molecule has 2 rings (SSSR count). The maximum Gasteiger partial charge on any atom is 0.323 e. The van der Waals surface area contributed by atoms with Crippen molar-refractivity contribution >= 4 is 23.5 Å². The van der Waals surface area contributed by atoms with E-state index in [4.69, 9.17) is 16.7 Å². The van der Waals surface area contributed by atoms with Gasteiger partial charge in [-0.15, -0.1) is 0 Å². The molecule has 0 saturated heterocycles. The number of hydrogen-bond donors (Lipinski definition) is 1.